The van der Waals surface area contributed by atoms with Gasteiger partial charge in [0.15, 0.2) is 5.78 Å². The Morgan fingerprint density at radius 2 is 2.00 bits per heavy atom. The van der Waals surface area contributed by atoms with E-state index in [4.69, 9.17) is 16.3 Å². The first-order chi connectivity index (χ1) is 9.52. The first-order valence-corrected chi connectivity index (χ1v) is 6.86. The molecule has 0 amide bonds. The summed E-state index contributed by atoms with van der Waals surface area (Å²) < 4.78 is 7.54. The van der Waals surface area contributed by atoms with E-state index in [0.29, 0.717) is 22.9 Å². The third-order valence-electron chi connectivity index (χ3n) is 3.09. The Balaban J connectivity index is 2.10. The van der Waals surface area contributed by atoms with E-state index in [1.165, 1.54) is 6.92 Å². The van der Waals surface area contributed by atoms with Gasteiger partial charge in [0.05, 0.1) is 16.4 Å². The van der Waals surface area contributed by atoms with Crippen LogP contribution in [0.15, 0.2) is 24.3 Å². The van der Waals surface area contributed by atoms with E-state index in [1.54, 1.807) is 24.3 Å². The van der Waals surface area contributed by atoms with Crippen molar-refractivity contribution in [1.82, 2.24) is 9.78 Å². The molecule has 0 bridgehead atoms. The second-order valence-electron chi connectivity index (χ2n) is 4.53. The summed E-state index contributed by atoms with van der Waals surface area (Å²) >= 11 is 6.22. The van der Waals surface area contributed by atoms with E-state index >= 15 is 0 Å². The Hall–Kier alpha value is -1.81. The zero-order valence-corrected chi connectivity index (χ0v) is 12.6. The van der Waals surface area contributed by atoms with Gasteiger partial charge in [-0.3, -0.25) is 9.48 Å². The number of hydrogen-bond donors (Lipinski definition) is 0. The fourth-order valence-corrected chi connectivity index (χ4v) is 2.13. The zero-order chi connectivity index (χ0) is 14.7. The van der Waals surface area contributed by atoms with Crippen molar-refractivity contribution in [3.8, 4) is 5.75 Å². The van der Waals surface area contributed by atoms with E-state index < -0.39 is 0 Å². The van der Waals surface area contributed by atoms with Crippen LogP contribution in [-0.4, -0.2) is 15.6 Å². The largest absolute Gasteiger partial charge is 0.487 e. The summed E-state index contributed by atoms with van der Waals surface area (Å²) in [6, 6.07) is 7.07. The van der Waals surface area contributed by atoms with Gasteiger partial charge in [0, 0.05) is 12.1 Å². The number of carbonyl (C=O) groups is 1. The maximum absolute atomic E-state index is 11.2. The van der Waals surface area contributed by atoms with E-state index in [2.05, 4.69) is 5.10 Å². The minimum absolute atomic E-state index is 0.0410. The van der Waals surface area contributed by atoms with Crippen molar-refractivity contribution >= 4 is 17.4 Å². The lowest BCUT2D eigenvalue weighted by molar-refractivity contribution is 0.101. The average Bonchev–Trinajstić information content (AvgIpc) is 2.72. The van der Waals surface area contributed by atoms with Crippen molar-refractivity contribution in [2.75, 3.05) is 0 Å². The molecule has 0 saturated heterocycles. The van der Waals surface area contributed by atoms with Crippen molar-refractivity contribution in [3.63, 3.8) is 0 Å². The number of aryl methyl sites for hydroxylation is 2. The molecule has 4 nitrogen and oxygen atoms in total. The number of aromatic nitrogens is 2. The molecule has 0 fully saturated rings. The Morgan fingerprint density at radius 3 is 2.55 bits per heavy atom. The molecular weight excluding hydrogens is 276 g/mol. The predicted octanol–water partition coefficient (Wildman–Crippen LogP) is 3.65. The molecule has 0 spiro atoms. The van der Waals surface area contributed by atoms with Crippen molar-refractivity contribution in [1.29, 1.82) is 0 Å². The molecule has 0 aliphatic heterocycles. The third kappa shape index (κ3) is 3.02. The van der Waals surface area contributed by atoms with E-state index in [1.807, 2.05) is 18.5 Å². The smallest absolute Gasteiger partial charge is 0.159 e. The Bertz CT molecular complexity index is 618. The van der Waals surface area contributed by atoms with Gasteiger partial charge in [-0.05, 0) is 45.0 Å². The van der Waals surface area contributed by atoms with Gasteiger partial charge in [-0.1, -0.05) is 11.6 Å². The fourth-order valence-electron chi connectivity index (χ4n) is 1.94. The molecule has 0 radical (unpaired) electrons. The van der Waals surface area contributed by atoms with Crippen molar-refractivity contribution in [2.45, 2.75) is 33.9 Å². The van der Waals surface area contributed by atoms with E-state index in [-0.39, 0.29) is 5.78 Å². The van der Waals surface area contributed by atoms with Crippen LogP contribution in [0.2, 0.25) is 5.02 Å². The summed E-state index contributed by atoms with van der Waals surface area (Å²) in [5.41, 5.74) is 2.34. The molecule has 106 valence electrons. The summed E-state index contributed by atoms with van der Waals surface area (Å²) in [7, 11) is 0. The van der Waals surface area contributed by atoms with Crippen LogP contribution in [0.5, 0.6) is 5.75 Å². The molecular formula is C15H17ClN2O2. The Morgan fingerprint density at radius 1 is 1.35 bits per heavy atom. The second kappa shape index (κ2) is 6.09. The molecule has 0 N–H and O–H groups in total. The fraction of sp³-hybridized carbons (Fsp3) is 0.333. The summed E-state index contributed by atoms with van der Waals surface area (Å²) in [5.74, 6) is 0.742. The molecule has 0 aliphatic rings. The topological polar surface area (TPSA) is 44.1 Å². The van der Waals surface area contributed by atoms with Gasteiger partial charge >= 0.3 is 0 Å². The van der Waals surface area contributed by atoms with Crippen LogP contribution < -0.4 is 4.74 Å². The maximum Gasteiger partial charge on any atom is 0.159 e. The van der Waals surface area contributed by atoms with Crippen LogP contribution in [0.4, 0.5) is 0 Å². The van der Waals surface area contributed by atoms with Crippen molar-refractivity contribution < 1.29 is 9.53 Å². The number of carbonyl (C=O) groups excluding carboxylic acids is 1. The lowest BCUT2D eigenvalue weighted by atomic mass is 10.1. The molecule has 2 aromatic rings. The molecule has 1 aromatic carbocycles. The van der Waals surface area contributed by atoms with Crippen LogP contribution in [0.25, 0.3) is 0 Å². The first-order valence-electron chi connectivity index (χ1n) is 6.48. The van der Waals surface area contributed by atoms with Crippen molar-refractivity contribution in [3.05, 3.63) is 46.2 Å². The van der Waals surface area contributed by atoms with E-state index in [9.17, 15) is 4.79 Å². The minimum Gasteiger partial charge on any atom is -0.487 e. The number of ketones is 1. The monoisotopic (exact) mass is 292 g/mol. The van der Waals surface area contributed by atoms with E-state index in [0.717, 1.165) is 17.9 Å². The highest BCUT2D eigenvalue weighted by Gasteiger charge is 2.13. The Labute approximate surface area is 123 Å². The average molecular weight is 293 g/mol. The first kappa shape index (κ1) is 14.6. The molecule has 2 rings (SSSR count). The molecule has 5 heteroatoms. The summed E-state index contributed by atoms with van der Waals surface area (Å²) in [5, 5.41) is 4.98. The second-order valence-corrected chi connectivity index (χ2v) is 4.91. The molecule has 0 unspecified atom stereocenters. The summed E-state index contributed by atoms with van der Waals surface area (Å²) in [4.78, 5) is 11.2. The quantitative estimate of drug-likeness (QED) is 0.790. The predicted molar refractivity (Wildman–Crippen MR) is 78.4 cm³/mol. The van der Waals surface area contributed by atoms with Gasteiger partial charge in [-0.25, -0.2) is 0 Å². The van der Waals surface area contributed by atoms with Gasteiger partial charge in [0.25, 0.3) is 0 Å². The van der Waals surface area contributed by atoms with Gasteiger partial charge < -0.3 is 4.74 Å². The van der Waals surface area contributed by atoms with Crippen LogP contribution >= 0.6 is 11.6 Å². The highest BCUT2D eigenvalue weighted by atomic mass is 35.5. The van der Waals surface area contributed by atoms with Crippen molar-refractivity contribution in [2.24, 2.45) is 0 Å². The lowest BCUT2D eigenvalue weighted by Gasteiger charge is -2.08. The highest BCUT2D eigenvalue weighted by molar-refractivity contribution is 6.31. The SMILES string of the molecule is CCn1nc(C)c(Cl)c1COc1ccc(C(C)=O)cc1. The highest BCUT2D eigenvalue weighted by Crippen LogP contribution is 2.22. The third-order valence-corrected chi connectivity index (χ3v) is 3.58. The maximum atomic E-state index is 11.2. The lowest BCUT2D eigenvalue weighted by Crippen LogP contribution is -2.06. The molecule has 0 saturated carbocycles. The van der Waals surface area contributed by atoms with Crippen LogP contribution in [0.1, 0.15) is 35.6 Å². The van der Waals surface area contributed by atoms with Gasteiger partial charge in [-0.2, -0.15) is 5.10 Å². The Kier molecular flexibility index (Phi) is 4.45. The van der Waals surface area contributed by atoms with Gasteiger partial charge in [0.1, 0.15) is 12.4 Å². The van der Waals surface area contributed by atoms with Crippen LogP contribution in [0.3, 0.4) is 0 Å². The normalized spacial score (nSPS) is 10.6. The number of benzene rings is 1. The molecule has 1 aromatic heterocycles. The number of halogens is 1. The van der Waals surface area contributed by atoms with Gasteiger partial charge in [-0.15, -0.1) is 0 Å². The molecule has 0 aliphatic carbocycles. The molecule has 0 atom stereocenters. The summed E-state index contributed by atoms with van der Waals surface area (Å²) in [6.45, 7) is 6.52. The number of nitrogens with zero attached hydrogens (tertiary/aromatic N) is 2. The standard InChI is InChI=1S/C15H17ClN2O2/c1-4-18-14(15(16)10(2)17-18)9-20-13-7-5-12(6-8-13)11(3)19/h5-8H,4,9H2,1-3H3. The molecule has 1 heterocycles. The number of hydrogen-bond acceptors (Lipinski definition) is 3. The minimum atomic E-state index is 0.0410. The molecule has 20 heavy (non-hydrogen) atoms. The summed E-state index contributed by atoms with van der Waals surface area (Å²) in [6.07, 6.45) is 0. The number of rotatable bonds is 5. The van der Waals surface area contributed by atoms with Crippen LogP contribution in [0, 0.1) is 6.92 Å². The number of ether oxygens (including phenoxy) is 1. The van der Waals surface area contributed by atoms with Gasteiger partial charge in [0.2, 0.25) is 0 Å². The zero-order valence-electron chi connectivity index (χ0n) is 11.8. The number of Topliss-reactive ketones (excluding diaryl/α,β-unsaturated/α-hetero) is 1. The van der Waals surface area contributed by atoms with Crippen LogP contribution in [-0.2, 0) is 13.2 Å².